The quantitative estimate of drug-likeness (QED) is 0.398. The molecule has 8 atom stereocenters. The van der Waals surface area contributed by atoms with E-state index < -0.39 is 58.4 Å². The molecule has 0 radical (unpaired) electrons. The van der Waals surface area contributed by atoms with Crippen LogP contribution < -0.4 is 0 Å². The van der Waals surface area contributed by atoms with Crippen molar-refractivity contribution in [3.8, 4) is 0 Å². The molecule has 29 heavy (non-hydrogen) atoms. The topological polar surface area (TPSA) is 118 Å². The Morgan fingerprint density at radius 1 is 0.828 bits per heavy atom. The van der Waals surface area contributed by atoms with Crippen LogP contribution in [-0.4, -0.2) is 34.1 Å². The first-order valence-electron chi connectivity index (χ1n) is 10.3. The minimum atomic E-state index is -1.07. The number of ether oxygens (including phenoxy) is 1. The van der Waals surface area contributed by atoms with E-state index in [-0.39, 0.29) is 11.8 Å². The van der Waals surface area contributed by atoms with E-state index in [4.69, 9.17) is 4.74 Å². The van der Waals surface area contributed by atoms with Gasteiger partial charge in [-0.05, 0) is 37.5 Å². The van der Waals surface area contributed by atoms with Gasteiger partial charge in [-0.15, -0.1) is 0 Å². The second kappa shape index (κ2) is 6.54. The maximum absolute atomic E-state index is 13.1. The number of allylic oxidation sites excluding steroid dienone is 4. The monoisotopic (exact) mass is 402 g/mol. The molecule has 0 spiro atoms. The van der Waals surface area contributed by atoms with Crippen molar-refractivity contribution >= 4 is 23.9 Å². The van der Waals surface area contributed by atoms with Crippen molar-refractivity contribution in [1.82, 2.24) is 0 Å². The first kappa shape index (κ1) is 19.9. The Balaban J connectivity index is 1.60. The fourth-order valence-corrected chi connectivity index (χ4v) is 6.55. The summed E-state index contributed by atoms with van der Waals surface area (Å²) in [5, 5.41) is 19.4. The van der Waals surface area contributed by atoms with Gasteiger partial charge in [-0.3, -0.25) is 19.2 Å². The van der Waals surface area contributed by atoms with Crippen molar-refractivity contribution in [3.63, 3.8) is 0 Å². The van der Waals surface area contributed by atoms with Crippen molar-refractivity contribution in [2.24, 2.45) is 46.3 Å². The van der Waals surface area contributed by atoms with Crippen molar-refractivity contribution in [2.45, 2.75) is 39.5 Å². The van der Waals surface area contributed by atoms with E-state index in [0.29, 0.717) is 25.7 Å². The third kappa shape index (κ3) is 2.62. The molecule has 0 aliphatic heterocycles. The lowest BCUT2D eigenvalue weighted by Gasteiger charge is -2.34. The lowest BCUT2D eigenvalue weighted by Crippen LogP contribution is -2.44. The van der Waals surface area contributed by atoms with Crippen LogP contribution >= 0.6 is 0 Å². The summed E-state index contributed by atoms with van der Waals surface area (Å²) < 4.78 is 5.27. The van der Waals surface area contributed by atoms with Gasteiger partial charge < -0.3 is 14.9 Å². The number of aliphatic carboxylic acids is 2. The average Bonchev–Trinajstić information content (AvgIpc) is 3.43. The fourth-order valence-electron chi connectivity index (χ4n) is 6.55. The van der Waals surface area contributed by atoms with Gasteiger partial charge in [-0.25, -0.2) is 0 Å². The number of carbonyl (C=O) groups is 4. The lowest BCUT2D eigenvalue weighted by atomic mass is 9.71. The minimum absolute atomic E-state index is 0.251. The Labute approximate surface area is 168 Å². The lowest BCUT2D eigenvalue weighted by molar-refractivity contribution is -0.175. The van der Waals surface area contributed by atoms with Gasteiger partial charge in [-0.1, -0.05) is 38.2 Å². The van der Waals surface area contributed by atoms with Crippen LogP contribution in [0.3, 0.4) is 0 Å². The molecule has 0 heterocycles. The predicted octanol–water partition coefficient (Wildman–Crippen LogP) is 2.66. The van der Waals surface area contributed by atoms with Gasteiger partial charge in [0.2, 0.25) is 0 Å². The van der Waals surface area contributed by atoms with E-state index in [2.05, 4.69) is 0 Å². The Morgan fingerprint density at radius 3 is 1.52 bits per heavy atom. The molecule has 7 heteroatoms. The van der Waals surface area contributed by atoms with Gasteiger partial charge in [0.1, 0.15) is 0 Å². The van der Waals surface area contributed by atoms with Gasteiger partial charge in [0.15, 0.2) is 0 Å². The first-order valence-corrected chi connectivity index (χ1v) is 10.3. The second-order valence-electron chi connectivity index (χ2n) is 9.05. The molecule has 7 nitrogen and oxygen atoms in total. The van der Waals surface area contributed by atoms with E-state index in [1.807, 2.05) is 38.2 Å². The number of rotatable bonds is 6. The third-order valence-electron chi connectivity index (χ3n) is 8.06. The van der Waals surface area contributed by atoms with Gasteiger partial charge in [0, 0.05) is 10.8 Å². The molecule has 0 aromatic rings. The van der Waals surface area contributed by atoms with E-state index in [1.54, 1.807) is 0 Å². The highest BCUT2D eigenvalue weighted by Crippen LogP contribution is 2.60. The zero-order valence-electron chi connectivity index (χ0n) is 16.5. The molecule has 156 valence electrons. The number of hydrogen-bond acceptors (Lipinski definition) is 5. The number of fused-ring (bicyclic) bond motifs is 4. The number of carboxylic acids is 2. The van der Waals surface area contributed by atoms with Gasteiger partial charge >= 0.3 is 23.9 Å². The van der Waals surface area contributed by atoms with Gasteiger partial charge in [0.25, 0.3) is 0 Å². The zero-order chi connectivity index (χ0) is 21.1. The van der Waals surface area contributed by atoms with Crippen LogP contribution in [0.4, 0.5) is 0 Å². The maximum Gasteiger partial charge on any atom is 0.318 e. The van der Waals surface area contributed by atoms with Crippen LogP contribution in [0.1, 0.15) is 39.5 Å². The smallest absolute Gasteiger partial charge is 0.318 e. The van der Waals surface area contributed by atoms with Crippen LogP contribution in [0, 0.1) is 46.3 Å². The molecule has 4 aliphatic carbocycles. The predicted molar refractivity (Wildman–Crippen MR) is 100 cm³/mol. The summed E-state index contributed by atoms with van der Waals surface area (Å²) >= 11 is 0. The van der Waals surface area contributed by atoms with Crippen molar-refractivity contribution < 1.29 is 34.1 Å². The summed E-state index contributed by atoms with van der Waals surface area (Å²) in [5.41, 5.74) is -1.23. The van der Waals surface area contributed by atoms with Crippen LogP contribution in [0.15, 0.2) is 24.3 Å². The second-order valence-corrected chi connectivity index (χ2v) is 9.05. The van der Waals surface area contributed by atoms with E-state index in [9.17, 15) is 29.4 Å². The SMILES string of the molecule is CCC12C=CC(C1)C(C(=O)O)C2C(=O)OC(=O)C1C(C(=O)O)C2C=CC1(CC)C2. The summed E-state index contributed by atoms with van der Waals surface area (Å²) in [6.45, 7) is 3.79. The highest BCUT2D eigenvalue weighted by molar-refractivity contribution is 5.94. The Kier molecular flexibility index (Phi) is 4.48. The molecular weight excluding hydrogens is 376 g/mol. The number of hydrogen-bond donors (Lipinski definition) is 2. The molecule has 0 amide bonds. The summed E-state index contributed by atoms with van der Waals surface area (Å²) in [6.07, 6.45) is 9.73. The number of esters is 2. The molecule has 0 saturated heterocycles. The normalized spacial score (nSPS) is 43.7. The third-order valence-corrected chi connectivity index (χ3v) is 8.06. The van der Waals surface area contributed by atoms with Crippen molar-refractivity contribution in [3.05, 3.63) is 24.3 Å². The zero-order valence-corrected chi connectivity index (χ0v) is 16.5. The summed E-state index contributed by atoms with van der Waals surface area (Å²) in [7, 11) is 0. The molecule has 4 aliphatic rings. The van der Waals surface area contributed by atoms with Gasteiger partial charge in [0.05, 0.1) is 23.7 Å². The van der Waals surface area contributed by atoms with Gasteiger partial charge in [-0.2, -0.15) is 0 Å². The van der Waals surface area contributed by atoms with Crippen molar-refractivity contribution in [1.29, 1.82) is 0 Å². The fraction of sp³-hybridized carbons (Fsp3) is 0.636. The molecular formula is C22H26O7. The molecule has 2 N–H and O–H groups in total. The first-order chi connectivity index (χ1) is 13.7. The number of carboxylic acid groups (broad SMARTS) is 2. The Hall–Kier alpha value is -2.44. The maximum atomic E-state index is 13.1. The van der Waals surface area contributed by atoms with Crippen LogP contribution in [-0.2, 0) is 23.9 Å². The molecule has 4 bridgehead atoms. The van der Waals surface area contributed by atoms with Crippen LogP contribution in [0.2, 0.25) is 0 Å². The van der Waals surface area contributed by atoms with Crippen LogP contribution in [0.25, 0.3) is 0 Å². The average molecular weight is 402 g/mol. The van der Waals surface area contributed by atoms with E-state index in [1.165, 1.54) is 0 Å². The molecule has 8 unspecified atom stereocenters. The molecule has 0 aromatic heterocycles. The molecule has 4 rings (SSSR count). The highest BCUT2D eigenvalue weighted by atomic mass is 16.6. The molecule has 0 aromatic carbocycles. The standard InChI is InChI=1S/C22H26O7/c1-3-21-7-5-11(9-21)13(17(23)24)15(21)19(27)29-20(28)16-14(18(25)26)12-6-8-22(16,4-2)10-12/h5-8,11-16H,3-4,9-10H2,1-2H3,(H,23,24)(H,25,26). The van der Waals surface area contributed by atoms with Crippen LogP contribution in [0.5, 0.6) is 0 Å². The minimum Gasteiger partial charge on any atom is -0.481 e. The Bertz CT molecular complexity index is 774. The van der Waals surface area contributed by atoms with E-state index >= 15 is 0 Å². The summed E-state index contributed by atoms with van der Waals surface area (Å²) in [5.74, 6) is -8.01. The molecule has 2 fully saturated rings. The molecule has 2 saturated carbocycles. The summed E-state index contributed by atoms with van der Waals surface area (Å²) in [4.78, 5) is 49.8. The van der Waals surface area contributed by atoms with E-state index in [0.717, 1.165) is 0 Å². The van der Waals surface area contributed by atoms with Crippen molar-refractivity contribution in [2.75, 3.05) is 0 Å². The summed E-state index contributed by atoms with van der Waals surface area (Å²) in [6, 6.07) is 0. The largest absolute Gasteiger partial charge is 0.481 e. The highest BCUT2D eigenvalue weighted by Gasteiger charge is 2.63. The number of carbonyl (C=O) groups excluding carboxylic acids is 2. The Morgan fingerprint density at radius 2 is 1.21 bits per heavy atom.